The molecule has 1 saturated heterocycles. The maximum atomic E-state index is 13.1. The standard InChI is InChI=1S/C24H27N5O2S/c1-15-12-29-14-21(26-23(29)17(3)25-15)22-10-18-4-5-19(11-20(18)24(31)32-22)28-7-6-27(8-9-30)16(2)13-28/h4-5,10-12,14,16,30H,6-9,13H2,1-3H3/t16-/m1/s1. The van der Waals surface area contributed by atoms with Gasteiger partial charge in [-0.05, 0) is 44.4 Å². The molecule has 1 aliphatic rings. The Kier molecular flexibility index (Phi) is 5.44. The largest absolute Gasteiger partial charge is 0.395 e. The van der Waals surface area contributed by atoms with E-state index in [1.165, 1.54) is 11.3 Å². The number of hydrogen-bond acceptors (Lipinski definition) is 7. The molecule has 0 unspecified atom stereocenters. The smallest absolute Gasteiger partial charge is 0.240 e. The first-order valence-corrected chi connectivity index (χ1v) is 11.8. The third kappa shape index (κ3) is 3.79. The quantitative estimate of drug-likeness (QED) is 0.516. The minimum atomic E-state index is 0.0504. The van der Waals surface area contributed by atoms with Crippen LogP contribution in [0.3, 0.4) is 0 Å². The molecule has 3 aromatic heterocycles. The van der Waals surface area contributed by atoms with Crippen LogP contribution in [0.2, 0.25) is 0 Å². The van der Waals surface area contributed by atoms with Gasteiger partial charge in [0.1, 0.15) is 0 Å². The fraction of sp³-hybridized carbons (Fsp3) is 0.375. The molecule has 0 bridgehead atoms. The van der Waals surface area contributed by atoms with Gasteiger partial charge in [0, 0.05) is 55.7 Å². The molecule has 1 fully saturated rings. The lowest BCUT2D eigenvalue weighted by Crippen LogP contribution is -2.52. The third-order valence-electron chi connectivity index (χ3n) is 6.24. The Hall–Kier alpha value is -2.81. The predicted molar refractivity (Wildman–Crippen MR) is 130 cm³/mol. The Labute approximate surface area is 190 Å². The number of aliphatic hydroxyl groups is 1. The monoisotopic (exact) mass is 449 g/mol. The topological polar surface area (TPSA) is 74.0 Å². The van der Waals surface area contributed by atoms with Crippen molar-refractivity contribution >= 4 is 33.4 Å². The Morgan fingerprint density at radius 3 is 2.78 bits per heavy atom. The lowest BCUT2D eigenvalue weighted by Gasteiger charge is -2.40. The third-order valence-corrected chi connectivity index (χ3v) is 7.19. The number of benzene rings is 1. The average Bonchev–Trinajstić information content (AvgIpc) is 3.19. The molecule has 0 amide bonds. The van der Waals surface area contributed by atoms with Crippen LogP contribution in [0, 0.1) is 13.8 Å². The Balaban J connectivity index is 1.48. The molecule has 1 N–H and O–H groups in total. The van der Waals surface area contributed by atoms with Crippen LogP contribution in [0.1, 0.15) is 18.3 Å². The van der Waals surface area contributed by atoms with Gasteiger partial charge in [0.05, 0.1) is 28.6 Å². The van der Waals surface area contributed by atoms with Gasteiger partial charge in [-0.1, -0.05) is 17.4 Å². The molecule has 0 spiro atoms. The number of rotatable bonds is 4. The van der Waals surface area contributed by atoms with E-state index in [-0.39, 0.29) is 11.3 Å². The maximum absolute atomic E-state index is 13.1. The molecule has 1 atom stereocenters. The van der Waals surface area contributed by atoms with Crippen LogP contribution in [-0.2, 0) is 0 Å². The fourth-order valence-electron chi connectivity index (χ4n) is 4.61. The van der Waals surface area contributed by atoms with Crippen molar-refractivity contribution in [2.24, 2.45) is 0 Å². The van der Waals surface area contributed by atoms with Crippen LogP contribution in [0.15, 0.2) is 41.5 Å². The van der Waals surface area contributed by atoms with Crippen molar-refractivity contribution in [1.82, 2.24) is 19.3 Å². The molecule has 8 heteroatoms. The number of aromatic nitrogens is 3. The summed E-state index contributed by atoms with van der Waals surface area (Å²) in [6.07, 6.45) is 3.92. The van der Waals surface area contributed by atoms with Gasteiger partial charge in [-0.25, -0.2) is 4.98 Å². The molecule has 0 radical (unpaired) electrons. The van der Waals surface area contributed by atoms with E-state index >= 15 is 0 Å². The van der Waals surface area contributed by atoms with Gasteiger partial charge in [0.25, 0.3) is 0 Å². The van der Waals surface area contributed by atoms with Crippen LogP contribution in [0.25, 0.3) is 27.0 Å². The zero-order valence-corrected chi connectivity index (χ0v) is 19.4. The van der Waals surface area contributed by atoms with Gasteiger partial charge >= 0.3 is 0 Å². The zero-order chi connectivity index (χ0) is 22.4. The summed E-state index contributed by atoms with van der Waals surface area (Å²) in [5, 5.41) is 10.9. The van der Waals surface area contributed by atoms with Crippen LogP contribution in [0.5, 0.6) is 0 Å². The Morgan fingerprint density at radius 2 is 2.00 bits per heavy atom. The van der Waals surface area contributed by atoms with Gasteiger partial charge < -0.3 is 14.4 Å². The van der Waals surface area contributed by atoms with Crippen molar-refractivity contribution in [3.05, 3.63) is 57.6 Å². The minimum Gasteiger partial charge on any atom is -0.395 e. The molecule has 7 nitrogen and oxygen atoms in total. The summed E-state index contributed by atoms with van der Waals surface area (Å²) in [5.74, 6) is 0. The van der Waals surface area contributed by atoms with E-state index < -0.39 is 0 Å². The van der Waals surface area contributed by atoms with E-state index in [1.54, 1.807) is 0 Å². The van der Waals surface area contributed by atoms with Crippen LogP contribution in [-0.4, -0.2) is 63.2 Å². The first kappa shape index (κ1) is 21.1. The number of piperazine rings is 1. The van der Waals surface area contributed by atoms with E-state index in [9.17, 15) is 9.90 Å². The second-order valence-electron chi connectivity index (χ2n) is 8.55. The summed E-state index contributed by atoms with van der Waals surface area (Å²) in [5.41, 5.74) is 4.50. The lowest BCUT2D eigenvalue weighted by molar-refractivity contribution is 0.146. The van der Waals surface area contributed by atoms with Gasteiger partial charge in [-0.3, -0.25) is 14.7 Å². The number of β-amino-alcohol motifs (C(OH)–C–C–N with tert-alkyl or cyclic N) is 1. The van der Waals surface area contributed by atoms with Crippen LogP contribution >= 0.6 is 11.3 Å². The molecule has 4 heterocycles. The summed E-state index contributed by atoms with van der Waals surface area (Å²) in [6.45, 7) is 9.68. The second kappa shape index (κ2) is 8.27. The molecule has 1 aliphatic heterocycles. The van der Waals surface area contributed by atoms with Crippen molar-refractivity contribution in [2.75, 3.05) is 37.7 Å². The van der Waals surface area contributed by atoms with Gasteiger partial charge in [-0.15, -0.1) is 0 Å². The molecule has 0 aliphatic carbocycles. The SMILES string of the molecule is Cc1cn2cc(-c3cc4ccc(N5CCN(CCO)[C@H](C)C5)cc4c(=O)s3)nc2c(C)n1. The lowest BCUT2D eigenvalue weighted by atomic mass is 10.1. The molecule has 4 aromatic rings. The van der Waals surface area contributed by atoms with Gasteiger partial charge in [0.2, 0.25) is 4.74 Å². The maximum Gasteiger partial charge on any atom is 0.240 e. The summed E-state index contributed by atoms with van der Waals surface area (Å²) >= 11 is 1.24. The molecule has 32 heavy (non-hydrogen) atoms. The number of hydrogen-bond donors (Lipinski definition) is 1. The Morgan fingerprint density at radius 1 is 1.16 bits per heavy atom. The highest BCUT2D eigenvalue weighted by Crippen LogP contribution is 2.29. The highest BCUT2D eigenvalue weighted by Gasteiger charge is 2.23. The molecule has 0 saturated carbocycles. The summed E-state index contributed by atoms with van der Waals surface area (Å²) in [4.78, 5) is 27.8. The van der Waals surface area contributed by atoms with E-state index in [4.69, 9.17) is 4.98 Å². The first-order chi connectivity index (χ1) is 15.4. The number of nitrogens with zero attached hydrogens (tertiary/aromatic N) is 5. The Bertz CT molecular complexity index is 1360. The van der Waals surface area contributed by atoms with Crippen LogP contribution in [0.4, 0.5) is 5.69 Å². The van der Waals surface area contributed by atoms with Crippen molar-refractivity contribution in [3.8, 4) is 10.6 Å². The predicted octanol–water partition coefficient (Wildman–Crippen LogP) is 3.09. The van der Waals surface area contributed by atoms with Crippen molar-refractivity contribution in [3.63, 3.8) is 0 Å². The van der Waals surface area contributed by atoms with Crippen LogP contribution < -0.4 is 9.64 Å². The van der Waals surface area contributed by atoms with E-state index in [2.05, 4.69) is 33.8 Å². The van der Waals surface area contributed by atoms with Crippen molar-refractivity contribution in [1.29, 1.82) is 0 Å². The highest BCUT2D eigenvalue weighted by molar-refractivity contribution is 7.13. The molecular formula is C24H27N5O2S. The number of anilines is 1. The zero-order valence-electron chi connectivity index (χ0n) is 18.6. The van der Waals surface area contributed by atoms with Gasteiger partial charge in [-0.2, -0.15) is 0 Å². The van der Waals surface area contributed by atoms with E-state index in [0.29, 0.717) is 12.6 Å². The fourth-order valence-corrected chi connectivity index (χ4v) is 5.48. The highest BCUT2D eigenvalue weighted by atomic mass is 32.1. The molecular weight excluding hydrogens is 422 g/mol. The van der Waals surface area contributed by atoms with E-state index in [1.807, 2.05) is 42.8 Å². The first-order valence-electron chi connectivity index (χ1n) is 10.9. The van der Waals surface area contributed by atoms with E-state index in [0.717, 1.165) is 63.7 Å². The van der Waals surface area contributed by atoms with Gasteiger partial charge in [0.15, 0.2) is 5.65 Å². The number of fused-ring (bicyclic) bond motifs is 2. The minimum absolute atomic E-state index is 0.0504. The summed E-state index contributed by atoms with van der Waals surface area (Å²) in [7, 11) is 0. The second-order valence-corrected chi connectivity index (χ2v) is 9.56. The summed E-state index contributed by atoms with van der Waals surface area (Å²) in [6, 6.07) is 8.59. The number of imidazole rings is 1. The molecule has 5 rings (SSSR count). The normalized spacial score (nSPS) is 17.5. The number of aliphatic hydroxyl groups excluding tert-OH is 1. The number of aryl methyl sites for hydroxylation is 2. The van der Waals surface area contributed by atoms with Crippen molar-refractivity contribution < 1.29 is 5.11 Å². The molecule has 1 aromatic carbocycles. The summed E-state index contributed by atoms with van der Waals surface area (Å²) < 4.78 is 2.03. The average molecular weight is 450 g/mol. The van der Waals surface area contributed by atoms with Crippen molar-refractivity contribution in [2.45, 2.75) is 26.8 Å². The molecule has 166 valence electrons.